The summed E-state index contributed by atoms with van der Waals surface area (Å²) in [5.74, 6) is 12.0. The van der Waals surface area contributed by atoms with Gasteiger partial charge in [-0.3, -0.25) is 11.3 Å². The van der Waals surface area contributed by atoms with Gasteiger partial charge in [0.25, 0.3) is 0 Å². The van der Waals surface area contributed by atoms with Crippen molar-refractivity contribution in [2.75, 3.05) is 0 Å². The highest BCUT2D eigenvalue weighted by atomic mass is 15.2. The second-order valence-corrected chi connectivity index (χ2v) is 4.17. The summed E-state index contributed by atoms with van der Waals surface area (Å²) < 4.78 is 0. The van der Waals surface area contributed by atoms with Crippen LogP contribution in [0.3, 0.4) is 0 Å². The lowest BCUT2D eigenvalue weighted by molar-refractivity contribution is 0.567. The van der Waals surface area contributed by atoms with Crippen molar-refractivity contribution in [1.82, 2.24) is 5.43 Å². The molecule has 0 aliphatic heterocycles. The first-order chi connectivity index (χ1) is 7.69. The summed E-state index contributed by atoms with van der Waals surface area (Å²) in [7, 11) is 0. The second-order valence-electron chi connectivity index (χ2n) is 4.17. The zero-order valence-corrected chi connectivity index (χ0v) is 10.2. The predicted octanol–water partition coefficient (Wildman–Crippen LogP) is 2.73. The Morgan fingerprint density at radius 3 is 2.19 bits per heavy atom. The van der Waals surface area contributed by atoms with Crippen LogP contribution in [0, 0.1) is 11.8 Å². The molecule has 0 aliphatic carbocycles. The molecule has 0 saturated carbocycles. The van der Waals surface area contributed by atoms with E-state index in [1.165, 1.54) is 11.1 Å². The van der Waals surface area contributed by atoms with Crippen molar-refractivity contribution in [1.29, 1.82) is 0 Å². The second kappa shape index (κ2) is 6.32. The van der Waals surface area contributed by atoms with Gasteiger partial charge in [0.1, 0.15) is 0 Å². The molecule has 2 nitrogen and oxygen atoms in total. The molecule has 0 amide bonds. The summed E-state index contributed by atoms with van der Waals surface area (Å²) in [6, 6.07) is 8.68. The van der Waals surface area contributed by atoms with E-state index < -0.39 is 0 Å². The number of nitrogens with two attached hydrogens (primary N) is 1. The van der Waals surface area contributed by atoms with Crippen LogP contribution >= 0.6 is 0 Å². The van der Waals surface area contributed by atoms with Crippen molar-refractivity contribution in [3.05, 3.63) is 35.4 Å². The van der Waals surface area contributed by atoms with Crippen LogP contribution in [0.25, 0.3) is 0 Å². The zero-order chi connectivity index (χ0) is 12.0. The van der Waals surface area contributed by atoms with Crippen molar-refractivity contribution in [2.24, 2.45) is 5.84 Å². The van der Waals surface area contributed by atoms with Gasteiger partial charge in [0, 0.05) is 6.42 Å². The summed E-state index contributed by atoms with van der Waals surface area (Å²) in [5, 5.41) is 0. The first kappa shape index (κ1) is 12.8. The highest BCUT2D eigenvalue weighted by Crippen LogP contribution is 2.19. The van der Waals surface area contributed by atoms with Crippen LogP contribution in [0.2, 0.25) is 0 Å². The minimum atomic E-state index is 0.119. The third-order valence-electron chi connectivity index (χ3n) is 2.69. The molecule has 0 fully saturated rings. The number of hydrazine groups is 1. The Balaban J connectivity index is 2.80. The fraction of sp³-hybridized carbons (Fsp3) is 0.429. The topological polar surface area (TPSA) is 38.0 Å². The molecule has 3 N–H and O–H groups in total. The van der Waals surface area contributed by atoms with Gasteiger partial charge in [-0.1, -0.05) is 38.1 Å². The van der Waals surface area contributed by atoms with Crippen LogP contribution in [0.4, 0.5) is 0 Å². The van der Waals surface area contributed by atoms with Crippen molar-refractivity contribution in [2.45, 2.75) is 39.2 Å². The monoisotopic (exact) mass is 216 g/mol. The van der Waals surface area contributed by atoms with Crippen molar-refractivity contribution in [3.63, 3.8) is 0 Å². The predicted molar refractivity (Wildman–Crippen MR) is 68.7 cm³/mol. The summed E-state index contributed by atoms with van der Waals surface area (Å²) in [5.41, 5.74) is 5.34. The Kier molecular flexibility index (Phi) is 5.04. The van der Waals surface area contributed by atoms with Crippen LogP contribution in [0.15, 0.2) is 24.3 Å². The van der Waals surface area contributed by atoms with Crippen LogP contribution in [0.1, 0.15) is 50.3 Å². The van der Waals surface area contributed by atoms with Gasteiger partial charge in [0.2, 0.25) is 0 Å². The Morgan fingerprint density at radius 2 is 1.75 bits per heavy atom. The maximum atomic E-state index is 5.53. The molecule has 1 unspecified atom stereocenters. The fourth-order valence-corrected chi connectivity index (χ4v) is 1.59. The average molecular weight is 216 g/mol. The molecular weight excluding hydrogens is 196 g/mol. The van der Waals surface area contributed by atoms with E-state index >= 15 is 0 Å². The molecule has 86 valence electrons. The molecule has 16 heavy (non-hydrogen) atoms. The van der Waals surface area contributed by atoms with Gasteiger partial charge in [-0.05, 0) is 24.0 Å². The SMILES string of the molecule is CC#CCC(NN)c1ccc(C(C)C)cc1. The first-order valence-electron chi connectivity index (χ1n) is 5.64. The molecule has 0 aromatic heterocycles. The van der Waals surface area contributed by atoms with Crippen molar-refractivity contribution in [3.8, 4) is 11.8 Å². The maximum absolute atomic E-state index is 5.53. The lowest BCUT2D eigenvalue weighted by Crippen LogP contribution is -2.27. The summed E-state index contributed by atoms with van der Waals surface area (Å²) in [6.45, 7) is 6.22. The normalized spacial score (nSPS) is 12.1. The summed E-state index contributed by atoms with van der Waals surface area (Å²) >= 11 is 0. The van der Waals surface area contributed by atoms with Crippen LogP contribution in [0.5, 0.6) is 0 Å². The number of nitrogens with one attached hydrogen (secondary N) is 1. The Hall–Kier alpha value is -1.30. The van der Waals surface area contributed by atoms with E-state index in [0.29, 0.717) is 5.92 Å². The van der Waals surface area contributed by atoms with E-state index in [0.717, 1.165) is 6.42 Å². The molecule has 2 heteroatoms. The van der Waals surface area contributed by atoms with E-state index in [2.05, 4.69) is 55.4 Å². The maximum Gasteiger partial charge on any atom is 0.0569 e. The van der Waals surface area contributed by atoms with E-state index in [4.69, 9.17) is 5.84 Å². The highest BCUT2D eigenvalue weighted by Gasteiger charge is 2.08. The van der Waals surface area contributed by atoms with Gasteiger partial charge in [-0.15, -0.1) is 11.8 Å². The highest BCUT2D eigenvalue weighted by molar-refractivity contribution is 5.27. The Bertz CT molecular complexity index is 368. The van der Waals surface area contributed by atoms with Gasteiger partial charge in [-0.2, -0.15) is 0 Å². The zero-order valence-electron chi connectivity index (χ0n) is 10.2. The molecular formula is C14H20N2. The van der Waals surface area contributed by atoms with Crippen LogP contribution < -0.4 is 11.3 Å². The third kappa shape index (κ3) is 3.37. The summed E-state index contributed by atoms with van der Waals surface area (Å²) in [6.07, 6.45) is 0.744. The van der Waals surface area contributed by atoms with E-state index in [1.807, 2.05) is 6.92 Å². The van der Waals surface area contributed by atoms with E-state index in [1.54, 1.807) is 0 Å². The average Bonchev–Trinajstić information content (AvgIpc) is 2.30. The molecule has 0 bridgehead atoms. The molecule has 1 aromatic carbocycles. The third-order valence-corrected chi connectivity index (χ3v) is 2.69. The molecule has 1 aromatic rings. The lowest BCUT2D eigenvalue weighted by Gasteiger charge is -2.14. The largest absolute Gasteiger partial charge is 0.271 e. The number of benzene rings is 1. The molecule has 1 rings (SSSR count). The number of hydrogen-bond donors (Lipinski definition) is 2. The van der Waals surface area contributed by atoms with Gasteiger partial charge in [-0.25, -0.2) is 0 Å². The van der Waals surface area contributed by atoms with Crippen molar-refractivity contribution < 1.29 is 0 Å². The van der Waals surface area contributed by atoms with E-state index in [9.17, 15) is 0 Å². The van der Waals surface area contributed by atoms with Gasteiger partial charge in [0.05, 0.1) is 6.04 Å². The Labute approximate surface area is 98.2 Å². The van der Waals surface area contributed by atoms with Gasteiger partial charge >= 0.3 is 0 Å². The van der Waals surface area contributed by atoms with E-state index in [-0.39, 0.29) is 6.04 Å². The number of hydrogen-bond acceptors (Lipinski definition) is 2. The minimum Gasteiger partial charge on any atom is -0.271 e. The van der Waals surface area contributed by atoms with Crippen molar-refractivity contribution >= 4 is 0 Å². The smallest absolute Gasteiger partial charge is 0.0569 e. The van der Waals surface area contributed by atoms with Crippen LogP contribution in [-0.4, -0.2) is 0 Å². The minimum absolute atomic E-state index is 0.119. The number of rotatable bonds is 4. The van der Waals surface area contributed by atoms with Crippen LogP contribution in [-0.2, 0) is 0 Å². The molecule has 0 aliphatic rings. The molecule has 0 heterocycles. The molecule has 1 atom stereocenters. The molecule has 0 saturated heterocycles. The Morgan fingerprint density at radius 1 is 1.19 bits per heavy atom. The fourth-order valence-electron chi connectivity index (χ4n) is 1.59. The lowest BCUT2D eigenvalue weighted by atomic mass is 9.98. The molecule has 0 radical (unpaired) electrons. The first-order valence-corrected chi connectivity index (χ1v) is 5.64. The molecule has 0 spiro atoms. The standard InChI is InChI=1S/C14H20N2/c1-4-5-6-14(16-15)13-9-7-12(8-10-13)11(2)3/h7-11,14,16H,6,15H2,1-3H3. The van der Waals surface area contributed by atoms with Gasteiger partial charge in [0.15, 0.2) is 0 Å². The van der Waals surface area contributed by atoms with Gasteiger partial charge < -0.3 is 0 Å². The summed E-state index contributed by atoms with van der Waals surface area (Å²) in [4.78, 5) is 0. The quantitative estimate of drug-likeness (QED) is 0.461.